The average Bonchev–Trinajstić information content (AvgIpc) is 2.69. The Morgan fingerprint density at radius 1 is 1.58 bits per heavy atom. The number of halogens is 2. The van der Waals surface area contributed by atoms with Gasteiger partial charge in [-0.1, -0.05) is 22.0 Å². The van der Waals surface area contributed by atoms with E-state index < -0.39 is 6.04 Å². The molecule has 1 saturated heterocycles. The molecular weight excluding hydrogens is 315 g/mol. The number of rotatable bonds is 3. The summed E-state index contributed by atoms with van der Waals surface area (Å²) < 4.78 is 13.5. The Labute approximate surface area is 119 Å². The summed E-state index contributed by atoms with van der Waals surface area (Å²) in [6, 6.07) is 3.92. The van der Waals surface area contributed by atoms with Crippen LogP contribution in [0.25, 0.3) is 0 Å². The first-order valence-electron chi connectivity index (χ1n) is 5.96. The van der Waals surface area contributed by atoms with Gasteiger partial charge >= 0.3 is 0 Å². The van der Waals surface area contributed by atoms with E-state index in [4.69, 9.17) is 0 Å². The molecule has 1 aliphatic rings. The highest BCUT2D eigenvalue weighted by atomic mass is 79.9. The molecule has 1 aromatic carbocycles. The predicted octanol–water partition coefficient (Wildman–Crippen LogP) is 1.83. The van der Waals surface area contributed by atoms with Gasteiger partial charge in [-0.05, 0) is 24.1 Å². The Balaban J connectivity index is 1.95. The Kier molecular flexibility index (Phi) is 4.19. The number of likely N-dealkylation sites (N-methyl/N-ethyl adjacent to an activating group) is 1. The molecule has 0 bridgehead atoms. The van der Waals surface area contributed by atoms with Crippen LogP contribution in [-0.2, 0) is 16.1 Å². The molecular formula is C13H14BrFN2O2. The number of carbonyl (C=O) groups excluding carboxylic acids is 2. The fourth-order valence-electron chi connectivity index (χ4n) is 2.08. The maximum atomic E-state index is 12.9. The molecule has 1 N–H and O–H groups in total. The van der Waals surface area contributed by atoms with Crippen LogP contribution in [-0.4, -0.2) is 29.8 Å². The van der Waals surface area contributed by atoms with Crippen LogP contribution in [0.15, 0.2) is 22.7 Å². The van der Waals surface area contributed by atoms with Crippen molar-refractivity contribution >= 4 is 27.7 Å². The van der Waals surface area contributed by atoms with Crippen LogP contribution >= 0.6 is 15.9 Å². The summed E-state index contributed by atoms with van der Waals surface area (Å²) in [4.78, 5) is 24.8. The lowest BCUT2D eigenvalue weighted by Gasteiger charge is -2.19. The topological polar surface area (TPSA) is 49.4 Å². The van der Waals surface area contributed by atoms with E-state index in [1.54, 1.807) is 13.1 Å². The molecule has 102 valence electrons. The minimum absolute atomic E-state index is 0.0110. The van der Waals surface area contributed by atoms with Crippen LogP contribution < -0.4 is 5.32 Å². The highest BCUT2D eigenvalue weighted by Gasteiger charge is 2.32. The number of hydrogen-bond acceptors (Lipinski definition) is 2. The number of nitrogens with one attached hydrogen (secondary N) is 1. The lowest BCUT2D eigenvalue weighted by atomic mass is 10.2. The van der Waals surface area contributed by atoms with Gasteiger partial charge in [-0.2, -0.15) is 0 Å². The Morgan fingerprint density at radius 3 is 2.89 bits per heavy atom. The zero-order valence-electron chi connectivity index (χ0n) is 10.5. The number of hydrogen-bond donors (Lipinski definition) is 1. The number of carbonyl (C=O) groups is 2. The van der Waals surface area contributed by atoms with Crippen molar-refractivity contribution in [2.75, 3.05) is 7.05 Å². The first kappa shape index (κ1) is 14.0. The largest absolute Gasteiger partial charge is 0.350 e. The molecule has 1 aliphatic heterocycles. The molecule has 2 amide bonds. The molecule has 0 spiro atoms. The van der Waals surface area contributed by atoms with Crippen LogP contribution in [0.5, 0.6) is 0 Å². The Hall–Kier alpha value is -1.43. The van der Waals surface area contributed by atoms with Crippen molar-refractivity contribution in [1.82, 2.24) is 10.2 Å². The molecule has 0 aromatic heterocycles. The van der Waals surface area contributed by atoms with E-state index in [0.29, 0.717) is 23.9 Å². The van der Waals surface area contributed by atoms with Gasteiger partial charge < -0.3 is 10.2 Å². The zero-order valence-corrected chi connectivity index (χ0v) is 12.0. The predicted molar refractivity (Wildman–Crippen MR) is 71.7 cm³/mol. The molecule has 4 nitrogen and oxygen atoms in total. The third kappa shape index (κ3) is 3.12. The molecule has 1 heterocycles. The van der Waals surface area contributed by atoms with Gasteiger partial charge in [0.1, 0.15) is 11.9 Å². The summed E-state index contributed by atoms with van der Waals surface area (Å²) in [5.74, 6) is -0.518. The van der Waals surface area contributed by atoms with Crippen LogP contribution in [0.2, 0.25) is 0 Å². The minimum atomic E-state index is -0.397. The van der Waals surface area contributed by atoms with Gasteiger partial charge in [-0.3, -0.25) is 9.59 Å². The first-order valence-corrected chi connectivity index (χ1v) is 6.75. The van der Waals surface area contributed by atoms with Gasteiger partial charge in [-0.25, -0.2) is 4.39 Å². The Morgan fingerprint density at radius 2 is 2.32 bits per heavy atom. The normalized spacial score (nSPS) is 18.8. The van der Waals surface area contributed by atoms with Crippen molar-refractivity contribution in [1.29, 1.82) is 0 Å². The van der Waals surface area contributed by atoms with Gasteiger partial charge in [0.2, 0.25) is 11.8 Å². The second kappa shape index (κ2) is 5.69. The van der Waals surface area contributed by atoms with Crippen molar-refractivity contribution in [2.45, 2.75) is 25.4 Å². The number of likely N-dealkylation sites (tertiary alicyclic amines) is 1. The van der Waals surface area contributed by atoms with Gasteiger partial charge in [0.05, 0.1) is 0 Å². The fraction of sp³-hybridized carbons (Fsp3) is 0.385. The molecule has 1 aromatic rings. The van der Waals surface area contributed by atoms with Crippen molar-refractivity contribution in [3.8, 4) is 0 Å². The van der Waals surface area contributed by atoms with E-state index in [1.807, 2.05) is 0 Å². The summed E-state index contributed by atoms with van der Waals surface area (Å²) in [5.41, 5.74) is 0.793. The second-order valence-corrected chi connectivity index (χ2v) is 5.37. The third-order valence-electron chi connectivity index (χ3n) is 3.26. The summed E-state index contributed by atoms with van der Waals surface area (Å²) >= 11 is 3.25. The summed E-state index contributed by atoms with van der Waals surface area (Å²) in [7, 11) is 1.63. The first-order chi connectivity index (χ1) is 8.99. The molecule has 6 heteroatoms. The summed E-state index contributed by atoms with van der Waals surface area (Å²) in [6.07, 6.45) is 0.959. The minimum Gasteiger partial charge on any atom is -0.350 e. The second-order valence-electron chi connectivity index (χ2n) is 4.51. The van der Waals surface area contributed by atoms with Gasteiger partial charge in [-0.15, -0.1) is 0 Å². The van der Waals surface area contributed by atoms with Crippen molar-refractivity contribution in [3.63, 3.8) is 0 Å². The highest BCUT2D eigenvalue weighted by molar-refractivity contribution is 9.10. The summed E-state index contributed by atoms with van der Waals surface area (Å²) in [5, 5.41) is 2.77. The smallest absolute Gasteiger partial charge is 0.243 e. The fourth-order valence-corrected chi connectivity index (χ4v) is 2.57. The van der Waals surface area contributed by atoms with Gasteiger partial charge in [0.25, 0.3) is 0 Å². The summed E-state index contributed by atoms with van der Waals surface area (Å²) in [6.45, 7) is 0.304. The maximum absolute atomic E-state index is 12.9. The molecule has 0 radical (unpaired) electrons. The number of amides is 2. The standard InChI is InChI=1S/C13H14BrFN2O2/c1-17-11(4-5-12(17)18)13(19)16-7-8-2-3-9(15)6-10(8)14/h2-3,6,11H,4-5,7H2,1H3,(H,16,19). The maximum Gasteiger partial charge on any atom is 0.243 e. The molecule has 2 rings (SSSR count). The van der Waals surface area contributed by atoms with Crippen LogP contribution in [0.4, 0.5) is 4.39 Å². The van der Waals surface area contributed by atoms with E-state index in [0.717, 1.165) is 5.56 Å². The van der Waals surface area contributed by atoms with E-state index in [1.165, 1.54) is 17.0 Å². The molecule has 1 atom stereocenters. The van der Waals surface area contributed by atoms with Crippen LogP contribution in [0, 0.1) is 5.82 Å². The number of benzene rings is 1. The number of nitrogens with zero attached hydrogens (tertiary/aromatic N) is 1. The molecule has 1 fully saturated rings. The average molecular weight is 329 g/mol. The highest BCUT2D eigenvalue weighted by Crippen LogP contribution is 2.19. The quantitative estimate of drug-likeness (QED) is 0.920. The van der Waals surface area contributed by atoms with E-state index in [9.17, 15) is 14.0 Å². The lowest BCUT2D eigenvalue weighted by Crippen LogP contribution is -2.42. The Bertz CT molecular complexity index is 521. The molecule has 0 aliphatic carbocycles. The monoisotopic (exact) mass is 328 g/mol. The van der Waals surface area contributed by atoms with Crippen LogP contribution in [0.3, 0.4) is 0 Å². The lowest BCUT2D eigenvalue weighted by molar-refractivity contribution is -0.133. The van der Waals surface area contributed by atoms with Crippen LogP contribution in [0.1, 0.15) is 18.4 Å². The van der Waals surface area contributed by atoms with Gasteiger partial charge in [0, 0.05) is 24.5 Å². The zero-order chi connectivity index (χ0) is 14.0. The van der Waals surface area contributed by atoms with Crippen molar-refractivity contribution < 1.29 is 14.0 Å². The van der Waals surface area contributed by atoms with E-state index >= 15 is 0 Å². The van der Waals surface area contributed by atoms with E-state index in [2.05, 4.69) is 21.2 Å². The molecule has 19 heavy (non-hydrogen) atoms. The molecule has 0 saturated carbocycles. The van der Waals surface area contributed by atoms with Crippen molar-refractivity contribution in [2.24, 2.45) is 0 Å². The van der Waals surface area contributed by atoms with Crippen molar-refractivity contribution in [3.05, 3.63) is 34.1 Å². The molecule has 1 unspecified atom stereocenters. The van der Waals surface area contributed by atoms with E-state index in [-0.39, 0.29) is 17.6 Å². The van der Waals surface area contributed by atoms with Gasteiger partial charge in [0.15, 0.2) is 0 Å². The third-order valence-corrected chi connectivity index (χ3v) is 4.00. The SMILES string of the molecule is CN1C(=O)CCC1C(=O)NCc1ccc(F)cc1Br.